The van der Waals surface area contributed by atoms with E-state index in [0.717, 1.165) is 59.8 Å². The van der Waals surface area contributed by atoms with Gasteiger partial charge in [-0.3, -0.25) is 0 Å². The van der Waals surface area contributed by atoms with E-state index in [2.05, 4.69) is 24.3 Å². The largest absolute Gasteiger partial charge is 0.494 e. The van der Waals surface area contributed by atoms with Crippen molar-refractivity contribution >= 4 is 11.9 Å². The van der Waals surface area contributed by atoms with Crippen molar-refractivity contribution < 1.29 is 28.5 Å². The zero-order valence-electron chi connectivity index (χ0n) is 28.6. The number of unbranched alkanes of at least 4 members (excludes halogenated alkanes) is 9. The molecule has 0 aliphatic carbocycles. The zero-order chi connectivity index (χ0) is 33.8. The van der Waals surface area contributed by atoms with Gasteiger partial charge >= 0.3 is 11.9 Å². The van der Waals surface area contributed by atoms with E-state index in [0.29, 0.717) is 24.3 Å². The van der Waals surface area contributed by atoms with Crippen LogP contribution in [0.15, 0.2) is 97.1 Å². The SMILES string of the molecule is CCOC(=O)c1ccc(-c2ccc(OCCCCCCCCCCCCOc3ccc(-c4ccc(C(=O)OCC)cc4)cc3)cc2)cc1. The number of hydrogen-bond donors (Lipinski definition) is 0. The Morgan fingerprint density at radius 2 is 0.667 bits per heavy atom. The van der Waals surface area contributed by atoms with Crippen LogP contribution in [0.1, 0.15) is 98.8 Å². The van der Waals surface area contributed by atoms with Gasteiger partial charge in [0.2, 0.25) is 0 Å². The van der Waals surface area contributed by atoms with E-state index in [4.69, 9.17) is 18.9 Å². The van der Waals surface area contributed by atoms with Gasteiger partial charge in [0.25, 0.3) is 0 Å². The van der Waals surface area contributed by atoms with Crippen molar-refractivity contribution in [3.8, 4) is 33.8 Å². The molecule has 0 heterocycles. The van der Waals surface area contributed by atoms with E-state index < -0.39 is 0 Å². The van der Waals surface area contributed by atoms with Crippen LogP contribution in [-0.4, -0.2) is 38.4 Å². The van der Waals surface area contributed by atoms with Gasteiger partial charge in [0.1, 0.15) is 11.5 Å². The molecule has 0 N–H and O–H groups in total. The lowest BCUT2D eigenvalue weighted by atomic mass is 10.0. The highest BCUT2D eigenvalue weighted by molar-refractivity contribution is 5.90. The average molecular weight is 651 g/mol. The summed E-state index contributed by atoms with van der Waals surface area (Å²) in [5.74, 6) is 1.20. The number of esters is 2. The van der Waals surface area contributed by atoms with Gasteiger partial charge in [0.15, 0.2) is 0 Å². The summed E-state index contributed by atoms with van der Waals surface area (Å²) in [4.78, 5) is 23.7. The van der Waals surface area contributed by atoms with E-state index in [1.54, 1.807) is 24.3 Å². The van der Waals surface area contributed by atoms with Crippen LogP contribution in [0.3, 0.4) is 0 Å². The second kappa shape index (κ2) is 20.6. The minimum Gasteiger partial charge on any atom is -0.494 e. The maximum atomic E-state index is 11.8. The molecule has 0 saturated carbocycles. The van der Waals surface area contributed by atoms with Gasteiger partial charge in [0, 0.05) is 0 Å². The van der Waals surface area contributed by atoms with Gasteiger partial charge in [-0.25, -0.2) is 9.59 Å². The molecule has 6 nitrogen and oxygen atoms in total. The topological polar surface area (TPSA) is 71.1 Å². The van der Waals surface area contributed by atoms with E-state index in [1.807, 2.05) is 62.4 Å². The van der Waals surface area contributed by atoms with Gasteiger partial charge in [-0.05, 0) is 97.5 Å². The standard InChI is InChI=1S/C42H50O6/c1-3-45-41(43)37-19-15-33(16-20-37)35-23-27-39(28-24-35)47-31-13-11-9-7-5-6-8-10-12-14-32-48-40-29-25-36(26-30-40)34-17-21-38(22-18-34)42(44)46-4-2/h15-30H,3-14,31-32H2,1-2H3. The monoisotopic (exact) mass is 650 g/mol. The first kappa shape index (κ1) is 36.3. The molecule has 0 radical (unpaired) electrons. The Morgan fingerprint density at radius 1 is 0.396 bits per heavy atom. The van der Waals surface area contributed by atoms with Crippen molar-refractivity contribution in [2.75, 3.05) is 26.4 Å². The van der Waals surface area contributed by atoms with Crippen molar-refractivity contribution in [3.05, 3.63) is 108 Å². The average Bonchev–Trinajstić information content (AvgIpc) is 3.12. The normalized spacial score (nSPS) is 10.8. The summed E-state index contributed by atoms with van der Waals surface area (Å²) in [6, 6.07) is 31.2. The number of ether oxygens (including phenoxy) is 4. The van der Waals surface area contributed by atoms with E-state index in [1.165, 1.54) is 51.4 Å². The van der Waals surface area contributed by atoms with Crippen molar-refractivity contribution in [1.82, 2.24) is 0 Å². The maximum absolute atomic E-state index is 11.8. The summed E-state index contributed by atoms with van der Waals surface area (Å²) in [5, 5.41) is 0. The molecule has 4 aromatic rings. The highest BCUT2D eigenvalue weighted by Gasteiger charge is 2.08. The molecule has 4 rings (SSSR count). The predicted octanol–water partition coefficient (Wildman–Crippen LogP) is 10.7. The molecule has 0 aromatic heterocycles. The molecule has 4 aromatic carbocycles. The number of carbonyl (C=O) groups excluding carboxylic acids is 2. The second-order valence-corrected chi connectivity index (χ2v) is 11.9. The van der Waals surface area contributed by atoms with Crippen LogP contribution in [0.2, 0.25) is 0 Å². The summed E-state index contributed by atoms with van der Waals surface area (Å²) in [6.45, 7) is 5.85. The Bertz CT molecular complexity index is 1380. The van der Waals surface area contributed by atoms with Crippen molar-refractivity contribution in [2.24, 2.45) is 0 Å². The summed E-state index contributed by atoms with van der Waals surface area (Å²) in [5.41, 5.74) is 5.43. The highest BCUT2D eigenvalue weighted by atomic mass is 16.5. The molecule has 0 bridgehead atoms. The number of benzene rings is 4. The van der Waals surface area contributed by atoms with Crippen LogP contribution in [0.25, 0.3) is 22.3 Å². The summed E-state index contributed by atoms with van der Waals surface area (Å²) >= 11 is 0. The molecule has 254 valence electrons. The van der Waals surface area contributed by atoms with Gasteiger partial charge in [-0.1, -0.05) is 99.9 Å². The molecule has 6 heteroatoms. The van der Waals surface area contributed by atoms with Crippen LogP contribution in [0, 0.1) is 0 Å². The number of carbonyl (C=O) groups is 2. The third-order valence-corrected chi connectivity index (χ3v) is 8.24. The highest BCUT2D eigenvalue weighted by Crippen LogP contribution is 2.25. The number of rotatable bonds is 21. The Morgan fingerprint density at radius 3 is 0.958 bits per heavy atom. The molecule has 0 aliphatic rings. The minimum absolute atomic E-state index is 0.291. The summed E-state index contributed by atoms with van der Waals surface area (Å²) in [6.07, 6.45) is 12.3. The smallest absolute Gasteiger partial charge is 0.338 e. The van der Waals surface area contributed by atoms with Crippen LogP contribution in [-0.2, 0) is 9.47 Å². The van der Waals surface area contributed by atoms with Gasteiger partial charge in [-0.15, -0.1) is 0 Å². The number of hydrogen-bond acceptors (Lipinski definition) is 6. The molecule has 0 saturated heterocycles. The second-order valence-electron chi connectivity index (χ2n) is 11.9. The van der Waals surface area contributed by atoms with Crippen LogP contribution in [0.4, 0.5) is 0 Å². The quantitative estimate of drug-likeness (QED) is 0.0660. The lowest BCUT2D eigenvalue weighted by molar-refractivity contribution is 0.0517. The van der Waals surface area contributed by atoms with Crippen molar-refractivity contribution in [3.63, 3.8) is 0 Å². The van der Waals surface area contributed by atoms with Crippen LogP contribution >= 0.6 is 0 Å². The Hall–Kier alpha value is -4.58. The summed E-state index contributed by atoms with van der Waals surface area (Å²) in [7, 11) is 0. The fourth-order valence-corrected chi connectivity index (χ4v) is 5.51. The van der Waals surface area contributed by atoms with Crippen molar-refractivity contribution in [2.45, 2.75) is 78.1 Å². The third-order valence-electron chi connectivity index (χ3n) is 8.24. The van der Waals surface area contributed by atoms with Gasteiger partial charge < -0.3 is 18.9 Å². The fraction of sp³-hybridized carbons (Fsp3) is 0.381. The molecule has 0 atom stereocenters. The lowest BCUT2D eigenvalue weighted by Gasteiger charge is -2.09. The molecule has 0 fully saturated rings. The Labute approximate surface area is 286 Å². The fourth-order valence-electron chi connectivity index (χ4n) is 5.51. The first-order chi connectivity index (χ1) is 23.6. The first-order valence-corrected chi connectivity index (χ1v) is 17.6. The minimum atomic E-state index is -0.291. The van der Waals surface area contributed by atoms with Crippen LogP contribution < -0.4 is 9.47 Å². The predicted molar refractivity (Wildman–Crippen MR) is 193 cm³/mol. The molecule has 48 heavy (non-hydrogen) atoms. The van der Waals surface area contributed by atoms with E-state index in [-0.39, 0.29) is 11.9 Å². The Balaban J connectivity index is 0.966. The Kier molecular flexibility index (Phi) is 15.6. The molecular formula is C42H50O6. The van der Waals surface area contributed by atoms with E-state index >= 15 is 0 Å². The molecule has 0 unspecified atom stereocenters. The molecular weight excluding hydrogens is 600 g/mol. The van der Waals surface area contributed by atoms with Gasteiger partial charge in [0.05, 0.1) is 37.6 Å². The van der Waals surface area contributed by atoms with Crippen LogP contribution in [0.5, 0.6) is 11.5 Å². The van der Waals surface area contributed by atoms with Crippen molar-refractivity contribution in [1.29, 1.82) is 0 Å². The molecule has 0 amide bonds. The van der Waals surface area contributed by atoms with E-state index in [9.17, 15) is 9.59 Å². The maximum Gasteiger partial charge on any atom is 0.338 e. The molecule has 0 aliphatic heterocycles. The lowest BCUT2D eigenvalue weighted by Crippen LogP contribution is -2.03. The molecule has 0 spiro atoms. The van der Waals surface area contributed by atoms with Gasteiger partial charge in [-0.2, -0.15) is 0 Å². The first-order valence-electron chi connectivity index (χ1n) is 17.6. The third kappa shape index (κ3) is 12.2. The zero-order valence-corrected chi connectivity index (χ0v) is 28.6. The summed E-state index contributed by atoms with van der Waals surface area (Å²) < 4.78 is 22.0.